The SMILES string of the molecule is Cc1ccsc1C(C)(O)Cc1cnccc1N. The average Bonchev–Trinajstić information content (AvgIpc) is 2.68. The molecule has 90 valence electrons. The van der Waals surface area contributed by atoms with Gasteiger partial charge in [0.1, 0.15) is 5.60 Å². The Morgan fingerprint density at radius 2 is 2.24 bits per heavy atom. The van der Waals surface area contributed by atoms with Crippen LogP contribution >= 0.6 is 11.3 Å². The Balaban J connectivity index is 2.30. The van der Waals surface area contributed by atoms with Gasteiger partial charge < -0.3 is 10.8 Å². The Morgan fingerprint density at radius 1 is 1.47 bits per heavy atom. The highest BCUT2D eigenvalue weighted by Crippen LogP contribution is 2.32. The molecule has 0 saturated carbocycles. The minimum atomic E-state index is -0.893. The van der Waals surface area contributed by atoms with Crippen molar-refractivity contribution in [3.05, 3.63) is 45.9 Å². The van der Waals surface area contributed by atoms with Gasteiger partial charge in [0.25, 0.3) is 0 Å². The molecule has 2 aromatic heterocycles. The number of hydrogen-bond acceptors (Lipinski definition) is 4. The van der Waals surface area contributed by atoms with Crippen molar-refractivity contribution in [2.45, 2.75) is 25.9 Å². The quantitative estimate of drug-likeness (QED) is 0.877. The first-order valence-corrected chi connectivity index (χ1v) is 6.34. The number of nitrogens with zero attached hydrogens (tertiary/aromatic N) is 1. The van der Waals surface area contributed by atoms with Gasteiger partial charge in [0.2, 0.25) is 0 Å². The van der Waals surface area contributed by atoms with Gasteiger partial charge in [-0.1, -0.05) is 0 Å². The minimum absolute atomic E-state index is 0.480. The van der Waals surface area contributed by atoms with Gasteiger partial charge in [-0.25, -0.2) is 0 Å². The van der Waals surface area contributed by atoms with E-state index >= 15 is 0 Å². The maximum atomic E-state index is 10.6. The van der Waals surface area contributed by atoms with Crippen LogP contribution in [0.25, 0.3) is 0 Å². The summed E-state index contributed by atoms with van der Waals surface area (Å²) in [5.41, 5.74) is 7.65. The van der Waals surface area contributed by atoms with Gasteiger partial charge in [0, 0.05) is 29.4 Å². The fourth-order valence-corrected chi connectivity index (χ4v) is 2.95. The molecule has 3 nitrogen and oxygen atoms in total. The summed E-state index contributed by atoms with van der Waals surface area (Å²) in [6.07, 6.45) is 3.85. The number of rotatable bonds is 3. The van der Waals surface area contributed by atoms with Crippen LogP contribution in [-0.2, 0) is 12.0 Å². The maximum absolute atomic E-state index is 10.6. The Kier molecular flexibility index (Phi) is 3.17. The second-order valence-electron chi connectivity index (χ2n) is 4.46. The largest absolute Gasteiger partial charge is 0.398 e. The van der Waals surface area contributed by atoms with Crippen LogP contribution < -0.4 is 5.73 Å². The van der Waals surface area contributed by atoms with E-state index in [0.29, 0.717) is 12.1 Å². The van der Waals surface area contributed by atoms with Gasteiger partial charge in [-0.2, -0.15) is 0 Å². The van der Waals surface area contributed by atoms with Crippen molar-refractivity contribution in [1.82, 2.24) is 4.98 Å². The smallest absolute Gasteiger partial charge is 0.100 e. The Bertz CT molecular complexity index is 520. The second-order valence-corrected chi connectivity index (χ2v) is 5.37. The van der Waals surface area contributed by atoms with Crippen LogP contribution in [0, 0.1) is 6.92 Å². The third-order valence-corrected chi connectivity index (χ3v) is 4.10. The zero-order valence-electron chi connectivity index (χ0n) is 9.97. The highest BCUT2D eigenvalue weighted by molar-refractivity contribution is 7.10. The topological polar surface area (TPSA) is 59.1 Å². The minimum Gasteiger partial charge on any atom is -0.398 e. The summed E-state index contributed by atoms with van der Waals surface area (Å²) in [5, 5.41) is 12.6. The highest BCUT2D eigenvalue weighted by Gasteiger charge is 2.27. The van der Waals surface area contributed by atoms with E-state index in [2.05, 4.69) is 4.98 Å². The first-order chi connectivity index (χ1) is 8.00. The Hall–Kier alpha value is -1.39. The molecular weight excluding hydrogens is 232 g/mol. The van der Waals surface area contributed by atoms with Crippen molar-refractivity contribution in [2.75, 3.05) is 5.73 Å². The van der Waals surface area contributed by atoms with Crippen LogP contribution in [0.1, 0.15) is 22.9 Å². The molecular formula is C13H16N2OS. The summed E-state index contributed by atoms with van der Waals surface area (Å²) in [6, 6.07) is 3.77. The van der Waals surface area contributed by atoms with Crippen LogP contribution in [0.15, 0.2) is 29.9 Å². The van der Waals surface area contributed by atoms with Gasteiger partial charge in [-0.15, -0.1) is 11.3 Å². The summed E-state index contributed by atoms with van der Waals surface area (Å²) in [7, 11) is 0. The number of aliphatic hydroxyl groups is 1. The monoisotopic (exact) mass is 248 g/mol. The number of nitrogens with two attached hydrogens (primary N) is 1. The molecule has 0 aromatic carbocycles. The summed E-state index contributed by atoms with van der Waals surface area (Å²) >= 11 is 1.57. The van der Waals surface area contributed by atoms with E-state index < -0.39 is 5.60 Å². The lowest BCUT2D eigenvalue weighted by Gasteiger charge is -2.23. The summed E-state index contributed by atoms with van der Waals surface area (Å²) in [5.74, 6) is 0. The molecule has 0 bridgehead atoms. The fraction of sp³-hybridized carbons (Fsp3) is 0.308. The second kappa shape index (κ2) is 4.47. The molecule has 0 aliphatic carbocycles. The van der Waals surface area contributed by atoms with Gasteiger partial charge in [0.05, 0.1) is 0 Å². The molecule has 3 N–H and O–H groups in total. The molecule has 0 amide bonds. The van der Waals surface area contributed by atoms with Crippen LogP contribution in [0.3, 0.4) is 0 Å². The first kappa shape index (κ1) is 12.1. The van der Waals surface area contributed by atoms with Gasteiger partial charge in [-0.3, -0.25) is 4.98 Å². The summed E-state index contributed by atoms with van der Waals surface area (Å²) in [4.78, 5) is 5.03. The lowest BCUT2D eigenvalue weighted by atomic mass is 9.93. The van der Waals surface area contributed by atoms with Crippen molar-refractivity contribution in [2.24, 2.45) is 0 Å². The van der Waals surface area contributed by atoms with Crippen LogP contribution in [0.2, 0.25) is 0 Å². The zero-order valence-corrected chi connectivity index (χ0v) is 10.8. The highest BCUT2D eigenvalue weighted by atomic mass is 32.1. The first-order valence-electron chi connectivity index (χ1n) is 5.46. The normalized spacial score (nSPS) is 14.5. The molecule has 1 atom stereocenters. The number of pyridine rings is 1. The van der Waals surface area contributed by atoms with Crippen molar-refractivity contribution < 1.29 is 5.11 Å². The van der Waals surface area contributed by atoms with Gasteiger partial charge in [0.15, 0.2) is 0 Å². The number of thiophene rings is 1. The molecule has 2 aromatic rings. The van der Waals surface area contributed by atoms with E-state index in [1.807, 2.05) is 25.3 Å². The predicted molar refractivity (Wildman–Crippen MR) is 71.0 cm³/mol. The molecule has 0 aliphatic rings. The van der Waals surface area contributed by atoms with Crippen molar-refractivity contribution in [3.63, 3.8) is 0 Å². The third kappa shape index (κ3) is 2.48. The van der Waals surface area contributed by atoms with Gasteiger partial charge in [-0.05, 0) is 42.5 Å². The Morgan fingerprint density at radius 3 is 2.82 bits per heavy atom. The number of aromatic nitrogens is 1. The predicted octanol–water partition coefficient (Wildman–Crippen LogP) is 2.48. The summed E-state index contributed by atoms with van der Waals surface area (Å²) < 4.78 is 0. The summed E-state index contributed by atoms with van der Waals surface area (Å²) in [6.45, 7) is 3.82. The number of hydrogen-bond donors (Lipinski definition) is 2. The molecule has 2 rings (SSSR count). The molecule has 2 heterocycles. The van der Waals surface area contributed by atoms with Crippen molar-refractivity contribution in [3.8, 4) is 0 Å². The molecule has 0 radical (unpaired) electrons. The number of anilines is 1. The van der Waals surface area contributed by atoms with Crippen molar-refractivity contribution in [1.29, 1.82) is 0 Å². The molecule has 1 unspecified atom stereocenters. The molecule has 0 spiro atoms. The van der Waals surface area contributed by atoms with Crippen LogP contribution in [0.5, 0.6) is 0 Å². The lowest BCUT2D eigenvalue weighted by Crippen LogP contribution is -2.24. The van der Waals surface area contributed by atoms with E-state index in [0.717, 1.165) is 16.0 Å². The van der Waals surface area contributed by atoms with Gasteiger partial charge >= 0.3 is 0 Å². The van der Waals surface area contributed by atoms with Crippen LogP contribution in [0.4, 0.5) is 5.69 Å². The third-order valence-electron chi connectivity index (χ3n) is 2.83. The lowest BCUT2D eigenvalue weighted by molar-refractivity contribution is 0.0610. The van der Waals surface area contributed by atoms with E-state index in [9.17, 15) is 5.11 Å². The van der Waals surface area contributed by atoms with E-state index in [1.54, 1.807) is 29.8 Å². The van der Waals surface area contributed by atoms with E-state index in [1.165, 1.54) is 0 Å². The Labute approximate surface area is 105 Å². The van der Waals surface area contributed by atoms with E-state index in [-0.39, 0.29) is 0 Å². The van der Waals surface area contributed by atoms with E-state index in [4.69, 9.17) is 5.73 Å². The zero-order chi connectivity index (χ0) is 12.5. The van der Waals surface area contributed by atoms with Crippen molar-refractivity contribution >= 4 is 17.0 Å². The molecule has 4 heteroatoms. The molecule has 0 saturated heterocycles. The number of aryl methyl sites for hydroxylation is 1. The maximum Gasteiger partial charge on any atom is 0.100 e. The fourth-order valence-electron chi connectivity index (χ4n) is 1.96. The molecule has 0 aliphatic heterocycles. The number of nitrogen functional groups attached to an aromatic ring is 1. The average molecular weight is 248 g/mol. The molecule has 0 fully saturated rings. The molecule has 17 heavy (non-hydrogen) atoms. The van der Waals surface area contributed by atoms with Crippen LogP contribution in [-0.4, -0.2) is 10.1 Å². The standard InChI is InChI=1S/C13H16N2OS/c1-9-4-6-17-12(9)13(2,16)7-10-8-15-5-3-11(10)14/h3-6,8,16H,7H2,1-2H3,(H2,14,15).